The summed E-state index contributed by atoms with van der Waals surface area (Å²) in [5.41, 5.74) is 2.93. The molecule has 0 saturated carbocycles. The number of benzene rings is 2. The van der Waals surface area contributed by atoms with Crippen LogP contribution in [0.1, 0.15) is 37.4 Å². The SMILES string of the molecule is CCc1ccc(N2C[C@@H](C(=O)OCC(=O)N[C@@H](C)c3ccccc3)CC2=O)cc1. The van der Waals surface area contributed by atoms with Crippen LogP contribution in [0.4, 0.5) is 5.69 Å². The van der Waals surface area contributed by atoms with Gasteiger partial charge in [-0.15, -0.1) is 0 Å². The van der Waals surface area contributed by atoms with Crippen LogP contribution >= 0.6 is 0 Å². The molecule has 0 unspecified atom stereocenters. The lowest BCUT2D eigenvalue weighted by Crippen LogP contribution is -2.32. The maximum absolute atomic E-state index is 12.3. The van der Waals surface area contributed by atoms with Crippen molar-refractivity contribution >= 4 is 23.5 Å². The number of nitrogens with one attached hydrogen (secondary N) is 1. The van der Waals surface area contributed by atoms with Crippen LogP contribution in [-0.4, -0.2) is 30.9 Å². The molecule has 2 aromatic carbocycles. The molecule has 152 valence electrons. The largest absolute Gasteiger partial charge is 0.455 e. The Morgan fingerprint density at radius 3 is 2.48 bits per heavy atom. The molecule has 29 heavy (non-hydrogen) atoms. The summed E-state index contributed by atoms with van der Waals surface area (Å²) in [5.74, 6) is -1.56. The van der Waals surface area contributed by atoms with E-state index in [9.17, 15) is 14.4 Å². The molecule has 1 saturated heterocycles. The topological polar surface area (TPSA) is 75.7 Å². The predicted octanol–water partition coefficient (Wildman–Crippen LogP) is 3.02. The monoisotopic (exact) mass is 394 g/mol. The zero-order chi connectivity index (χ0) is 20.8. The molecule has 0 radical (unpaired) electrons. The molecule has 0 aliphatic carbocycles. The van der Waals surface area contributed by atoms with Gasteiger partial charge in [-0.25, -0.2) is 0 Å². The van der Waals surface area contributed by atoms with Crippen molar-refractivity contribution in [2.24, 2.45) is 5.92 Å². The third-order valence-corrected chi connectivity index (χ3v) is 5.14. The summed E-state index contributed by atoms with van der Waals surface area (Å²) in [6.07, 6.45) is 1.02. The van der Waals surface area contributed by atoms with Crippen molar-refractivity contribution < 1.29 is 19.1 Å². The highest BCUT2D eigenvalue weighted by atomic mass is 16.5. The van der Waals surface area contributed by atoms with Crippen molar-refractivity contribution in [2.75, 3.05) is 18.1 Å². The first-order valence-corrected chi connectivity index (χ1v) is 9.88. The van der Waals surface area contributed by atoms with Gasteiger partial charge in [0.25, 0.3) is 5.91 Å². The van der Waals surface area contributed by atoms with Crippen molar-refractivity contribution in [1.82, 2.24) is 5.32 Å². The average molecular weight is 394 g/mol. The van der Waals surface area contributed by atoms with Crippen LogP contribution in [0.15, 0.2) is 54.6 Å². The molecule has 0 spiro atoms. The molecule has 1 fully saturated rings. The summed E-state index contributed by atoms with van der Waals surface area (Å²) in [4.78, 5) is 38.4. The highest BCUT2D eigenvalue weighted by Crippen LogP contribution is 2.26. The molecule has 1 aliphatic heterocycles. The number of amides is 2. The van der Waals surface area contributed by atoms with E-state index in [1.807, 2.05) is 61.5 Å². The van der Waals surface area contributed by atoms with Gasteiger partial charge in [0.05, 0.1) is 12.0 Å². The van der Waals surface area contributed by atoms with E-state index in [0.717, 1.165) is 17.7 Å². The third-order valence-electron chi connectivity index (χ3n) is 5.14. The number of carbonyl (C=O) groups excluding carboxylic acids is 3. The molecule has 3 rings (SSSR count). The lowest BCUT2D eigenvalue weighted by atomic mass is 10.1. The van der Waals surface area contributed by atoms with E-state index >= 15 is 0 Å². The molecular formula is C23H26N2O4. The molecule has 2 atom stereocenters. The van der Waals surface area contributed by atoms with Gasteiger partial charge < -0.3 is 15.0 Å². The van der Waals surface area contributed by atoms with Gasteiger partial charge in [-0.3, -0.25) is 14.4 Å². The van der Waals surface area contributed by atoms with Crippen LogP contribution in [0.25, 0.3) is 0 Å². The van der Waals surface area contributed by atoms with Gasteiger partial charge in [0.1, 0.15) is 0 Å². The van der Waals surface area contributed by atoms with E-state index in [4.69, 9.17) is 4.74 Å². The quantitative estimate of drug-likeness (QED) is 0.733. The maximum atomic E-state index is 12.3. The minimum Gasteiger partial charge on any atom is -0.455 e. The number of rotatable bonds is 7. The van der Waals surface area contributed by atoms with Crippen molar-refractivity contribution in [2.45, 2.75) is 32.7 Å². The predicted molar refractivity (Wildman–Crippen MR) is 110 cm³/mol. The number of ether oxygens (including phenoxy) is 1. The first-order chi connectivity index (χ1) is 14.0. The van der Waals surface area contributed by atoms with E-state index < -0.39 is 11.9 Å². The van der Waals surface area contributed by atoms with E-state index in [1.165, 1.54) is 5.56 Å². The smallest absolute Gasteiger partial charge is 0.311 e. The van der Waals surface area contributed by atoms with Gasteiger partial charge in [0.15, 0.2) is 6.61 Å². The Morgan fingerprint density at radius 2 is 1.83 bits per heavy atom. The van der Waals surface area contributed by atoms with Gasteiger partial charge in [0.2, 0.25) is 5.91 Å². The Kier molecular flexibility index (Phi) is 6.65. The standard InChI is InChI=1S/C23H26N2O4/c1-3-17-9-11-20(12-10-17)25-14-19(13-22(25)27)23(28)29-15-21(26)24-16(2)18-7-5-4-6-8-18/h4-12,16,19H,3,13-15H2,1-2H3,(H,24,26)/t16-,19-/m0/s1. The summed E-state index contributed by atoms with van der Waals surface area (Å²) in [6.45, 7) is 3.85. The Labute approximate surface area is 170 Å². The second-order valence-corrected chi connectivity index (χ2v) is 7.23. The first kappa shape index (κ1) is 20.6. The van der Waals surface area contributed by atoms with Crippen LogP contribution < -0.4 is 10.2 Å². The van der Waals surface area contributed by atoms with Crippen LogP contribution in [0.3, 0.4) is 0 Å². The molecular weight excluding hydrogens is 368 g/mol. The Morgan fingerprint density at radius 1 is 1.14 bits per heavy atom. The average Bonchev–Trinajstić information content (AvgIpc) is 3.14. The van der Waals surface area contributed by atoms with Gasteiger partial charge in [-0.05, 0) is 36.6 Å². The van der Waals surface area contributed by atoms with E-state index in [0.29, 0.717) is 0 Å². The summed E-state index contributed by atoms with van der Waals surface area (Å²) in [6, 6.07) is 17.1. The highest BCUT2D eigenvalue weighted by molar-refractivity contribution is 5.99. The van der Waals surface area contributed by atoms with Crippen molar-refractivity contribution in [3.63, 3.8) is 0 Å². The van der Waals surface area contributed by atoms with E-state index in [-0.39, 0.29) is 37.4 Å². The molecule has 6 heteroatoms. The van der Waals surface area contributed by atoms with Crippen LogP contribution in [0.2, 0.25) is 0 Å². The molecule has 0 bridgehead atoms. The molecule has 1 heterocycles. The third kappa shape index (κ3) is 5.22. The zero-order valence-electron chi connectivity index (χ0n) is 16.8. The Hall–Kier alpha value is -3.15. The van der Waals surface area contributed by atoms with Crippen LogP contribution in [0.5, 0.6) is 0 Å². The summed E-state index contributed by atoms with van der Waals surface area (Å²) in [5, 5.41) is 2.80. The molecule has 1 N–H and O–H groups in total. The van der Waals surface area contributed by atoms with Gasteiger partial charge in [-0.2, -0.15) is 0 Å². The Bertz CT molecular complexity index is 864. The van der Waals surface area contributed by atoms with Crippen molar-refractivity contribution in [3.05, 3.63) is 65.7 Å². The summed E-state index contributed by atoms with van der Waals surface area (Å²) < 4.78 is 5.16. The maximum Gasteiger partial charge on any atom is 0.311 e. The fourth-order valence-corrected chi connectivity index (χ4v) is 3.39. The van der Waals surface area contributed by atoms with Gasteiger partial charge in [0, 0.05) is 18.7 Å². The van der Waals surface area contributed by atoms with Crippen LogP contribution in [-0.2, 0) is 25.5 Å². The second kappa shape index (κ2) is 9.37. The normalized spacial score (nSPS) is 17.1. The molecule has 1 aliphatic rings. The number of hydrogen-bond donors (Lipinski definition) is 1. The van der Waals surface area contributed by atoms with Crippen LogP contribution in [0, 0.1) is 5.92 Å². The number of anilines is 1. The number of nitrogens with zero attached hydrogens (tertiary/aromatic N) is 1. The fourth-order valence-electron chi connectivity index (χ4n) is 3.39. The number of hydrogen-bond acceptors (Lipinski definition) is 4. The van der Waals surface area contributed by atoms with E-state index in [1.54, 1.807) is 4.90 Å². The van der Waals surface area contributed by atoms with Crippen molar-refractivity contribution in [1.29, 1.82) is 0 Å². The summed E-state index contributed by atoms with van der Waals surface area (Å²) in [7, 11) is 0. The van der Waals surface area contributed by atoms with Gasteiger partial charge >= 0.3 is 5.97 Å². The lowest BCUT2D eigenvalue weighted by Gasteiger charge is -2.17. The molecule has 2 aromatic rings. The number of carbonyl (C=O) groups is 3. The molecule has 0 aromatic heterocycles. The number of aryl methyl sites for hydroxylation is 1. The van der Waals surface area contributed by atoms with Gasteiger partial charge in [-0.1, -0.05) is 49.4 Å². The summed E-state index contributed by atoms with van der Waals surface area (Å²) >= 11 is 0. The first-order valence-electron chi connectivity index (χ1n) is 9.88. The molecule has 2 amide bonds. The second-order valence-electron chi connectivity index (χ2n) is 7.23. The number of esters is 1. The fraction of sp³-hybridized carbons (Fsp3) is 0.348. The minimum absolute atomic E-state index is 0.0937. The van der Waals surface area contributed by atoms with Crippen molar-refractivity contribution in [3.8, 4) is 0 Å². The van der Waals surface area contributed by atoms with E-state index in [2.05, 4.69) is 12.2 Å². The highest BCUT2D eigenvalue weighted by Gasteiger charge is 2.36. The Balaban J connectivity index is 1.49. The minimum atomic E-state index is -0.562. The molecule has 6 nitrogen and oxygen atoms in total. The zero-order valence-corrected chi connectivity index (χ0v) is 16.8. The lowest BCUT2D eigenvalue weighted by molar-refractivity contribution is -0.152.